The first-order valence-electron chi connectivity index (χ1n) is 6.38. The van der Waals surface area contributed by atoms with Gasteiger partial charge in [0.15, 0.2) is 0 Å². The molecule has 5 N–H and O–H groups in total. The van der Waals surface area contributed by atoms with Crippen molar-refractivity contribution in [2.24, 2.45) is 11.1 Å². The van der Waals surface area contributed by atoms with Crippen LogP contribution < -0.4 is 21.7 Å². The molecule has 4 nitrogen and oxygen atoms in total. The Bertz CT molecular complexity index is 128. The molecule has 0 aliphatic rings. The molecule has 0 amide bonds. The van der Waals surface area contributed by atoms with Crippen molar-refractivity contribution in [1.82, 2.24) is 16.0 Å². The maximum atomic E-state index is 5.77. The summed E-state index contributed by atoms with van der Waals surface area (Å²) in [6, 6.07) is 0. The van der Waals surface area contributed by atoms with Crippen molar-refractivity contribution in [3.05, 3.63) is 0 Å². The average molecular weight is 230 g/mol. The van der Waals surface area contributed by atoms with E-state index in [1.54, 1.807) is 0 Å². The Morgan fingerprint density at radius 3 is 1.38 bits per heavy atom. The van der Waals surface area contributed by atoms with Crippen LogP contribution in [0.1, 0.15) is 25.7 Å². The zero-order valence-corrected chi connectivity index (χ0v) is 11.2. The Kier molecular flexibility index (Phi) is 9.92. The van der Waals surface area contributed by atoms with E-state index in [0.717, 1.165) is 32.6 Å². The third kappa shape index (κ3) is 6.43. The Labute approximate surface area is 101 Å². The lowest BCUT2D eigenvalue weighted by Gasteiger charge is -2.34. The van der Waals surface area contributed by atoms with E-state index in [1.165, 1.54) is 19.3 Å². The number of nitrogens with one attached hydrogen (secondary N) is 3. The van der Waals surface area contributed by atoms with Crippen molar-refractivity contribution < 1.29 is 0 Å². The van der Waals surface area contributed by atoms with Crippen molar-refractivity contribution in [2.75, 3.05) is 47.3 Å². The van der Waals surface area contributed by atoms with E-state index in [9.17, 15) is 0 Å². The largest absolute Gasteiger partial charge is 0.330 e. The molecule has 0 spiro atoms. The molecule has 0 saturated carbocycles. The van der Waals surface area contributed by atoms with Crippen LogP contribution in [0.2, 0.25) is 0 Å². The standard InChI is InChI=1S/C12H30N4/c1-14-9-5-12(4-8-13,6-10-15-2)7-11-16-3/h14-16H,4-11,13H2,1-3H3. The molecule has 0 unspecified atom stereocenters. The minimum absolute atomic E-state index is 0.393. The zero-order valence-electron chi connectivity index (χ0n) is 11.2. The molecule has 98 valence electrons. The van der Waals surface area contributed by atoms with Gasteiger partial charge in [-0.2, -0.15) is 0 Å². The first-order valence-corrected chi connectivity index (χ1v) is 6.38. The maximum absolute atomic E-state index is 5.77. The Morgan fingerprint density at radius 2 is 1.12 bits per heavy atom. The molecule has 0 bridgehead atoms. The van der Waals surface area contributed by atoms with Gasteiger partial charge in [-0.25, -0.2) is 0 Å². The molecule has 0 atom stereocenters. The normalized spacial score (nSPS) is 12.0. The van der Waals surface area contributed by atoms with Crippen LogP contribution in [-0.2, 0) is 0 Å². The molecule has 0 radical (unpaired) electrons. The van der Waals surface area contributed by atoms with Gasteiger partial charge in [0.1, 0.15) is 0 Å². The van der Waals surface area contributed by atoms with Gasteiger partial charge in [0.25, 0.3) is 0 Å². The second-order valence-electron chi connectivity index (χ2n) is 4.60. The summed E-state index contributed by atoms with van der Waals surface area (Å²) >= 11 is 0. The van der Waals surface area contributed by atoms with Gasteiger partial charge < -0.3 is 21.7 Å². The summed E-state index contributed by atoms with van der Waals surface area (Å²) in [5.41, 5.74) is 6.16. The quantitative estimate of drug-likeness (QED) is 0.408. The monoisotopic (exact) mass is 230 g/mol. The lowest BCUT2D eigenvalue weighted by atomic mass is 9.75. The molecular weight excluding hydrogens is 200 g/mol. The predicted molar refractivity (Wildman–Crippen MR) is 71.7 cm³/mol. The van der Waals surface area contributed by atoms with Crippen LogP contribution in [0.5, 0.6) is 0 Å². The molecular formula is C12H30N4. The van der Waals surface area contributed by atoms with Gasteiger partial charge in [-0.1, -0.05) is 0 Å². The molecule has 0 aromatic heterocycles. The predicted octanol–water partition coefficient (Wildman–Crippen LogP) is 0.150. The highest BCUT2D eigenvalue weighted by Gasteiger charge is 2.27. The summed E-state index contributed by atoms with van der Waals surface area (Å²) in [5, 5.41) is 9.76. The zero-order chi connectivity index (χ0) is 12.3. The van der Waals surface area contributed by atoms with E-state index >= 15 is 0 Å². The fraction of sp³-hybridized carbons (Fsp3) is 1.00. The van der Waals surface area contributed by atoms with E-state index in [-0.39, 0.29) is 0 Å². The van der Waals surface area contributed by atoms with E-state index < -0.39 is 0 Å². The van der Waals surface area contributed by atoms with Crippen LogP contribution in [-0.4, -0.2) is 47.3 Å². The van der Waals surface area contributed by atoms with Crippen molar-refractivity contribution in [1.29, 1.82) is 0 Å². The van der Waals surface area contributed by atoms with Crippen molar-refractivity contribution in [3.63, 3.8) is 0 Å². The molecule has 4 heteroatoms. The molecule has 0 aliphatic heterocycles. The van der Waals surface area contributed by atoms with E-state index in [0.29, 0.717) is 5.41 Å². The van der Waals surface area contributed by atoms with Crippen LogP contribution in [0.25, 0.3) is 0 Å². The summed E-state index contributed by atoms with van der Waals surface area (Å²) in [5.74, 6) is 0. The average Bonchev–Trinajstić information content (AvgIpc) is 2.31. The molecule has 16 heavy (non-hydrogen) atoms. The number of nitrogens with two attached hydrogens (primary N) is 1. The van der Waals surface area contributed by atoms with Gasteiger partial charge in [-0.05, 0) is 78.4 Å². The number of rotatable bonds is 11. The SMILES string of the molecule is CNCCC(CCN)(CCNC)CCNC. The third-order valence-corrected chi connectivity index (χ3v) is 3.39. The summed E-state index contributed by atoms with van der Waals surface area (Å²) in [4.78, 5) is 0. The Hall–Kier alpha value is -0.160. The van der Waals surface area contributed by atoms with Crippen LogP contribution in [0, 0.1) is 5.41 Å². The highest BCUT2D eigenvalue weighted by Crippen LogP contribution is 2.33. The minimum Gasteiger partial charge on any atom is -0.330 e. The van der Waals surface area contributed by atoms with E-state index in [2.05, 4.69) is 16.0 Å². The van der Waals surface area contributed by atoms with Gasteiger partial charge in [0.2, 0.25) is 0 Å². The van der Waals surface area contributed by atoms with Gasteiger partial charge >= 0.3 is 0 Å². The summed E-state index contributed by atoms with van der Waals surface area (Å²) in [6.07, 6.45) is 4.76. The van der Waals surface area contributed by atoms with Gasteiger partial charge in [-0.3, -0.25) is 0 Å². The topological polar surface area (TPSA) is 62.1 Å². The summed E-state index contributed by atoms with van der Waals surface area (Å²) < 4.78 is 0. The van der Waals surface area contributed by atoms with Crippen LogP contribution in [0.3, 0.4) is 0 Å². The second-order valence-corrected chi connectivity index (χ2v) is 4.60. The fourth-order valence-corrected chi connectivity index (χ4v) is 2.23. The first-order chi connectivity index (χ1) is 7.74. The third-order valence-electron chi connectivity index (χ3n) is 3.39. The van der Waals surface area contributed by atoms with Crippen LogP contribution >= 0.6 is 0 Å². The molecule has 0 aliphatic carbocycles. The van der Waals surface area contributed by atoms with Crippen molar-refractivity contribution in [3.8, 4) is 0 Å². The molecule has 0 aromatic rings. The molecule has 0 aromatic carbocycles. The summed E-state index contributed by atoms with van der Waals surface area (Å²) in [7, 11) is 6.05. The lowest BCUT2D eigenvalue weighted by molar-refractivity contribution is 0.201. The highest BCUT2D eigenvalue weighted by molar-refractivity contribution is 4.82. The van der Waals surface area contributed by atoms with Crippen LogP contribution in [0.4, 0.5) is 0 Å². The van der Waals surface area contributed by atoms with Crippen molar-refractivity contribution >= 4 is 0 Å². The second kappa shape index (κ2) is 10.0. The lowest BCUT2D eigenvalue weighted by Crippen LogP contribution is -2.34. The van der Waals surface area contributed by atoms with Gasteiger partial charge in [-0.15, -0.1) is 0 Å². The molecule has 0 saturated heterocycles. The number of hydrogen-bond donors (Lipinski definition) is 4. The van der Waals surface area contributed by atoms with Crippen LogP contribution in [0.15, 0.2) is 0 Å². The Balaban J connectivity index is 4.32. The molecule has 0 heterocycles. The number of hydrogen-bond acceptors (Lipinski definition) is 4. The van der Waals surface area contributed by atoms with Crippen molar-refractivity contribution in [2.45, 2.75) is 25.7 Å². The first kappa shape index (κ1) is 15.8. The fourth-order valence-electron chi connectivity index (χ4n) is 2.23. The Morgan fingerprint density at radius 1 is 0.750 bits per heavy atom. The summed E-state index contributed by atoms with van der Waals surface area (Å²) in [6.45, 7) is 4.02. The smallest absolute Gasteiger partial charge is 0.00466 e. The molecule has 0 rings (SSSR count). The highest BCUT2D eigenvalue weighted by atomic mass is 14.8. The van der Waals surface area contributed by atoms with E-state index in [1.807, 2.05) is 21.1 Å². The minimum atomic E-state index is 0.393. The van der Waals surface area contributed by atoms with Gasteiger partial charge in [0, 0.05) is 0 Å². The van der Waals surface area contributed by atoms with Gasteiger partial charge in [0.05, 0.1) is 0 Å². The maximum Gasteiger partial charge on any atom is -0.00466 e. The molecule has 0 fully saturated rings. The van der Waals surface area contributed by atoms with E-state index in [4.69, 9.17) is 5.73 Å².